The zero-order valence-corrected chi connectivity index (χ0v) is 17.0. The fourth-order valence-corrected chi connectivity index (χ4v) is 3.98. The van der Waals surface area contributed by atoms with Crippen LogP contribution in [-0.2, 0) is 9.53 Å². The van der Waals surface area contributed by atoms with Crippen LogP contribution in [0.15, 0.2) is 47.3 Å². The normalized spacial score (nSPS) is 10.7. The van der Waals surface area contributed by atoms with E-state index in [4.69, 9.17) is 14.6 Å². The minimum absolute atomic E-state index is 0. The molecule has 0 aliphatic heterocycles. The summed E-state index contributed by atoms with van der Waals surface area (Å²) in [5, 5.41) is 13.3. The Morgan fingerprint density at radius 1 is 1.00 bits per heavy atom. The van der Waals surface area contributed by atoms with E-state index < -0.39 is 0 Å². The van der Waals surface area contributed by atoms with Gasteiger partial charge in [-0.2, -0.15) is 0 Å². The first-order chi connectivity index (χ1) is 14.2. The molecule has 2 N–H and O–H groups in total. The van der Waals surface area contributed by atoms with Gasteiger partial charge in [0, 0.05) is 20.2 Å². The van der Waals surface area contributed by atoms with Crippen LogP contribution in [0.25, 0.3) is 20.2 Å². The first-order valence-corrected chi connectivity index (χ1v) is 10.6. The van der Waals surface area contributed by atoms with Crippen LogP contribution in [0.1, 0.15) is 26.7 Å². The van der Waals surface area contributed by atoms with Crippen molar-refractivity contribution in [2.75, 3.05) is 32.9 Å². The minimum Gasteiger partial charge on any atom is -0.494 e. The lowest BCUT2D eigenvalue weighted by atomic mass is 10.2. The molecule has 30 heavy (non-hydrogen) atoms. The summed E-state index contributed by atoms with van der Waals surface area (Å²) in [7, 11) is 0. The van der Waals surface area contributed by atoms with E-state index in [0.29, 0.717) is 24.3 Å². The van der Waals surface area contributed by atoms with Gasteiger partial charge in [-0.3, -0.25) is 9.59 Å². The maximum absolute atomic E-state index is 12.7. The highest BCUT2D eigenvalue weighted by Gasteiger charge is 2.07. The summed E-state index contributed by atoms with van der Waals surface area (Å²) in [6, 6.07) is 13.3. The van der Waals surface area contributed by atoms with Crippen molar-refractivity contribution >= 4 is 37.5 Å². The molecule has 0 unspecified atom stereocenters. The first-order valence-electron chi connectivity index (χ1n) is 9.74. The number of benzene rings is 2. The number of aliphatic hydroxyl groups is 1. The summed E-state index contributed by atoms with van der Waals surface area (Å²) < 4.78 is 12.7. The van der Waals surface area contributed by atoms with Gasteiger partial charge in [-0.25, -0.2) is 0 Å². The molecule has 0 spiro atoms. The second kappa shape index (κ2) is 12.3. The Hall–Kier alpha value is -2.48. The summed E-state index contributed by atoms with van der Waals surface area (Å²) >= 11 is 1.61. The van der Waals surface area contributed by atoms with E-state index in [1.807, 2.05) is 42.5 Å². The molecule has 0 bridgehead atoms. The van der Waals surface area contributed by atoms with Crippen molar-refractivity contribution in [3.05, 3.63) is 52.7 Å². The zero-order chi connectivity index (χ0) is 20.5. The second-order valence-electron chi connectivity index (χ2n) is 6.58. The maximum atomic E-state index is 12.7. The molecule has 6 nitrogen and oxygen atoms in total. The van der Waals surface area contributed by atoms with Crippen molar-refractivity contribution in [3.8, 4) is 5.75 Å². The molecule has 0 aliphatic rings. The molecule has 0 amide bonds. The number of rotatable bonds is 11. The monoisotopic (exact) mass is 431 g/mol. The summed E-state index contributed by atoms with van der Waals surface area (Å²) in [5.41, 5.74) is 0.0427. The third-order valence-corrected chi connectivity index (χ3v) is 5.54. The molecule has 1 aromatic heterocycles. The van der Waals surface area contributed by atoms with Gasteiger partial charge >= 0.3 is 5.97 Å². The number of hydrogen-bond donors (Lipinski definition) is 2. The van der Waals surface area contributed by atoms with E-state index in [-0.39, 0.29) is 31.9 Å². The van der Waals surface area contributed by atoms with E-state index >= 15 is 0 Å². The van der Waals surface area contributed by atoms with Crippen molar-refractivity contribution in [3.63, 3.8) is 0 Å². The van der Waals surface area contributed by atoms with Crippen LogP contribution in [0, 0.1) is 0 Å². The molecule has 0 saturated carbocycles. The number of hydrogen-bond acceptors (Lipinski definition) is 7. The van der Waals surface area contributed by atoms with E-state index in [1.165, 1.54) is 0 Å². The first kappa shape index (κ1) is 23.8. The number of aliphatic hydroxyl groups excluding tert-OH is 1. The second-order valence-corrected chi connectivity index (χ2v) is 7.67. The molecule has 0 fully saturated rings. The SMILES string of the molecule is C.O=C(CCO)OCCCNCCCOc1ccc2sc3ccccc3c(=O)c2c1. The van der Waals surface area contributed by atoms with Crippen LogP contribution in [0.2, 0.25) is 0 Å². The predicted molar refractivity (Wildman–Crippen MR) is 123 cm³/mol. The van der Waals surface area contributed by atoms with Crippen molar-refractivity contribution < 1.29 is 19.4 Å². The predicted octanol–water partition coefficient (Wildman–Crippen LogP) is 3.73. The standard InChI is InChI=1S/C22H25NO5S.CH4/c24-12-9-21(25)28-14-4-11-23-10-3-13-27-16-7-8-20-18(15-16)22(26)17-5-1-2-6-19(17)29-20;/h1-2,5-8,15,23-24H,3-4,9-14H2;1H4. The summed E-state index contributed by atoms with van der Waals surface area (Å²) in [5.74, 6) is 0.333. The third kappa shape index (κ3) is 6.52. The van der Waals surface area contributed by atoms with Crippen LogP contribution in [0.3, 0.4) is 0 Å². The van der Waals surface area contributed by atoms with Gasteiger partial charge in [-0.1, -0.05) is 19.6 Å². The molecule has 3 aromatic rings. The summed E-state index contributed by atoms with van der Waals surface area (Å²) in [6.07, 6.45) is 1.60. The molecular weight excluding hydrogens is 402 g/mol. The van der Waals surface area contributed by atoms with Gasteiger partial charge in [-0.15, -0.1) is 11.3 Å². The molecule has 0 radical (unpaired) electrons. The third-order valence-electron chi connectivity index (χ3n) is 4.39. The molecule has 0 atom stereocenters. The van der Waals surface area contributed by atoms with Gasteiger partial charge < -0.3 is 19.9 Å². The average molecular weight is 432 g/mol. The number of fused-ring (bicyclic) bond motifs is 2. The Bertz CT molecular complexity index is 1020. The number of carbonyl (C=O) groups excluding carboxylic acids is 1. The van der Waals surface area contributed by atoms with Gasteiger partial charge in [0.25, 0.3) is 0 Å². The Morgan fingerprint density at radius 2 is 1.73 bits per heavy atom. The Balaban J connectivity index is 0.00000320. The quantitative estimate of drug-likeness (QED) is 0.273. The average Bonchev–Trinajstić information content (AvgIpc) is 2.73. The molecule has 7 heteroatoms. The molecule has 0 saturated heterocycles. The number of ether oxygens (including phenoxy) is 2. The highest BCUT2D eigenvalue weighted by Crippen LogP contribution is 2.27. The Morgan fingerprint density at radius 3 is 2.53 bits per heavy atom. The van der Waals surface area contributed by atoms with E-state index in [2.05, 4.69) is 5.32 Å². The highest BCUT2D eigenvalue weighted by molar-refractivity contribution is 7.24. The van der Waals surface area contributed by atoms with Gasteiger partial charge in [0.2, 0.25) is 0 Å². The van der Waals surface area contributed by atoms with Crippen LogP contribution in [0.5, 0.6) is 5.75 Å². The lowest BCUT2D eigenvalue weighted by molar-refractivity contribution is -0.144. The fraction of sp³-hybridized carbons (Fsp3) is 0.391. The largest absolute Gasteiger partial charge is 0.494 e. The highest BCUT2D eigenvalue weighted by atomic mass is 32.1. The van der Waals surface area contributed by atoms with Crippen molar-refractivity contribution in [2.45, 2.75) is 26.7 Å². The Labute approximate surface area is 180 Å². The Kier molecular flexibility index (Phi) is 9.73. The topological polar surface area (TPSA) is 84.9 Å². The number of esters is 1. The van der Waals surface area contributed by atoms with Crippen LogP contribution >= 0.6 is 11.3 Å². The molecule has 0 aliphatic carbocycles. The molecule has 2 aromatic carbocycles. The summed E-state index contributed by atoms with van der Waals surface area (Å²) in [4.78, 5) is 23.8. The smallest absolute Gasteiger partial charge is 0.308 e. The lowest BCUT2D eigenvalue weighted by Crippen LogP contribution is -2.20. The summed E-state index contributed by atoms with van der Waals surface area (Å²) in [6.45, 7) is 2.26. The zero-order valence-electron chi connectivity index (χ0n) is 16.2. The van der Waals surface area contributed by atoms with Crippen LogP contribution < -0.4 is 15.5 Å². The molecule has 162 valence electrons. The van der Waals surface area contributed by atoms with Crippen LogP contribution in [0.4, 0.5) is 0 Å². The number of nitrogens with one attached hydrogen (secondary N) is 1. The fourth-order valence-electron chi connectivity index (χ4n) is 2.93. The maximum Gasteiger partial charge on any atom is 0.308 e. The van der Waals surface area contributed by atoms with Gasteiger partial charge in [0.1, 0.15) is 5.75 Å². The molecule has 1 heterocycles. The molecule has 3 rings (SSSR count). The molecular formula is C23H29NO5S. The lowest BCUT2D eigenvalue weighted by Gasteiger charge is -2.09. The van der Waals surface area contributed by atoms with Gasteiger partial charge in [0.15, 0.2) is 5.43 Å². The van der Waals surface area contributed by atoms with Crippen LogP contribution in [-0.4, -0.2) is 44.0 Å². The van der Waals surface area contributed by atoms with E-state index in [9.17, 15) is 9.59 Å². The van der Waals surface area contributed by atoms with Gasteiger partial charge in [-0.05, 0) is 56.3 Å². The minimum atomic E-state index is -0.369. The van der Waals surface area contributed by atoms with Gasteiger partial charge in [0.05, 0.1) is 26.2 Å². The van der Waals surface area contributed by atoms with Crippen molar-refractivity contribution in [1.29, 1.82) is 0 Å². The number of carbonyl (C=O) groups is 1. The van der Waals surface area contributed by atoms with E-state index in [1.54, 1.807) is 11.3 Å². The van der Waals surface area contributed by atoms with Crippen molar-refractivity contribution in [1.82, 2.24) is 5.32 Å². The van der Waals surface area contributed by atoms with Crippen molar-refractivity contribution in [2.24, 2.45) is 0 Å². The van der Waals surface area contributed by atoms with E-state index in [0.717, 1.165) is 40.7 Å².